The van der Waals surface area contributed by atoms with E-state index >= 15 is 0 Å². The predicted molar refractivity (Wildman–Crippen MR) is 124 cm³/mol. The number of rotatable bonds is 10. The van der Waals surface area contributed by atoms with Gasteiger partial charge in [0.15, 0.2) is 10.9 Å². The van der Waals surface area contributed by atoms with Crippen LogP contribution < -0.4 is 5.32 Å². The first-order chi connectivity index (χ1) is 16.4. The zero-order chi connectivity index (χ0) is 24.3. The van der Waals surface area contributed by atoms with Gasteiger partial charge in [-0.3, -0.25) is 10.1 Å². The summed E-state index contributed by atoms with van der Waals surface area (Å²) in [5.41, 5.74) is -0.385. The van der Waals surface area contributed by atoms with Crippen LogP contribution in [0.2, 0.25) is 5.15 Å². The molecule has 4 rings (SSSR count). The van der Waals surface area contributed by atoms with Crippen LogP contribution in [-0.2, 0) is 23.7 Å². The van der Waals surface area contributed by atoms with Gasteiger partial charge in [-0.15, -0.1) is 0 Å². The minimum Gasteiger partial charge on any atom is -0.464 e. The zero-order valence-corrected chi connectivity index (χ0v) is 20.7. The van der Waals surface area contributed by atoms with Gasteiger partial charge >= 0.3 is 11.7 Å². The van der Waals surface area contributed by atoms with Gasteiger partial charge in [-0.2, -0.15) is 4.98 Å². The number of hydrogen-bond acceptors (Lipinski definition) is 11. The van der Waals surface area contributed by atoms with Crippen LogP contribution in [0.15, 0.2) is 5.16 Å². The smallest absolute Gasteiger partial charge is 0.348 e. The molecule has 0 aromatic carbocycles. The lowest BCUT2D eigenvalue weighted by atomic mass is 10.2. The number of halogens is 1. The molecule has 1 N–H and O–H groups in total. The summed E-state index contributed by atoms with van der Waals surface area (Å²) in [7, 11) is 0. The van der Waals surface area contributed by atoms with E-state index in [2.05, 4.69) is 15.3 Å². The highest BCUT2D eigenvalue weighted by atomic mass is 35.5. The summed E-state index contributed by atoms with van der Waals surface area (Å²) in [5, 5.41) is 15.1. The second kappa shape index (κ2) is 10.9. The Bertz CT molecular complexity index is 917. The van der Waals surface area contributed by atoms with Crippen molar-refractivity contribution in [1.82, 2.24) is 9.97 Å². The Kier molecular flexibility index (Phi) is 8.13. The van der Waals surface area contributed by atoms with Gasteiger partial charge in [0, 0.05) is 18.6 Å². The van der Waals surface area contributed by atoms with E-state index in [1.165, 1.54) is 11.8 Å². The largest absolute Gasteiger partial charge is 0.464 e. The fraction of sp³-hybridized carbons (Fsp3) is 0.762. The molecule has 0 bridgehead atoms. The van der Waals surface area contributed by atoms with Crippen LogP contribution in [0, 0.1) is 10.1 Å². The molecule has 188 valence electrons. The van der Waals surface area contributed by atoms with E-state index in [0.29, 0.717) is 11.6 Å². The molecule has 2 heterocycles. The number of thioether (sulfide) groups is 1. The van der Waals surface area contributed by atoms with Gasteiger partial charge in [-0.25, -0.2) is 9.78 Å². The lowest BCUT2D eigenvalue weighted by molar-refractivity contribution is -0.384. The first kappa shape index (κ1) is 25.4. The van der Waals surface area contributed by atoms with Crippen molar-refractivity contribution in [3.8, 4) is 0 Å². The van der Waals surface area contributed by atoms with E-state index in [-0.39, 0.29) is 29.9 Å². The monoisotopic (exact) mass is 516 g/mol. The molecule has 13 heteroatoms. The van der Waals surface area contributed by atoms with Crippen LogP contribution in [-0.4, -0.2) is 70.0 Å². The number of anilines is 1. The van der Waals surface area contributed by atoms with Crippen molar-refractivity contribution in [1.29, 1.82) is 0 Å². The molecule has 1 aromatic rings. The summed E-state index contributed by atoms with van der Waals surface area (Å²) in [6.45, 7) is 3.81. The molecule has 1 spiro atoms. The number of carbonyl (C=O) groups is 1. The number of ether oxygens (including phenoxy) is 4. The molecule has 2 aliphatic carbocycles. The second-order valence-electron chi connectivity index (χ2n) is 8.52. The van der Waals surface area contributed by atoms with Crippen LogP contribution in [0.25, 0.3) is 0 Å². The maximum absolute atomic E-state index is 11.9. The van der Waals surface area contributed by atoms with Crippen molar-refractivity contribution in [2.75, 3.05) is 24.3 Å². The Morgan fingerprint density at radius 1 is 1.29 bits per heavy atom. The average Bonchev–Trinajstić information content (AvgIpc) is 3.48. The highest BCUT2D eigenvalue weighted by Gasteiger charge is 2.58. The van der Waals surface area contributed by atoms with Gasteiger partial charge < -0.3 is 24.3 Å². The number of carbonyl (C=O) groups excluding carboxylic acids is 1. The van der Waals surface area contributed by atoms with Crippen molar-refractivity contribution in [2.45, 2.75) is 87.7 Å². The first-order valence-electron chi connectivity index (χ1n) is 11.6. The van der Waals surface area contributed by atoms with Crippen molar-refractivity contribution in [2.24, 2.45) is 0 Å². The Labute approximate surface area is 206 Å². The van der Waals surface area contributed by atoms with Crippen LogP contribution in [0.5, 0.6) is 0 Å². The van der Waals surface area contributed by atoms with Crippen molar-refractivity contribution < 1.29 is 28.7 Å². The van der Waals surface area contributed by atoms with E-state index in [1.807, 2.05) is 6.92 Å². The highest BCUT2D eigenvalue weighted by Crippen LogP contribution is 2.48. The van der Waals surface area contributed by atoms with Gasteiger partial charge in [0.05, 0.1) is 23.7 Å². The maximum atomic E-state index is 11.9. The second-order valence-corrected chi connectivity index (χ2v) is 9.94. The Morgan fingerprint density at radius 3 is 2.71 bits per heavy atom. The Balaban J connectivity index is 1.57. The van der Waals surface area contributed by atoms with Crippen molar-refractivity contribution >= 4 is 40.8 Å². The third-order valence-electron chi connectivity index (χ3n) is 6.12. The highest BCUT2D eigenvalue weighted by molar-refractivity contribution is 7.99. The average molecular weight is 517 g/mol. The van der Waals surface area contributed by atoms with Gasteiger partial charge in [0.1, 0.15) is 18.8 Å². The molecular weight excluding hydrogens is 488 g/mol. The molecule has 1 saturated heterocycles. The van der Waals surface area contributed by atoms with E-state index in [0.717, 1.165) is 37.9 Å². The Hall–Kier alpha value is -1.73. The lowest BCUT2D eigenvalue weighted by Gasteiger charge is -2.27. The predicted octanol–water partition coefficient (Wildman–Crippen LogP) is 3.73. The topological polar surface area (TPSA) is 135 Å². The fourth-order valence-electron chi connectivity index (χ4n) is 4.71. The molecule has 0 amide bonds. The van der Waals surface area contributed by atoms with E-state index in [4.69, 9.17) is 30.5 Å². The Morgan fingerprint density at radius 2 is 2.03 bits per heavy atom. The number of aromatic nitrogens is 2. The molecular formula is C21H29ClN4O7S. The maximum Gasteiger partial charge on any atom is 0.348 e. The molecule has 4 atom stereocenters. The summed E-state index contributed by atoms with van der Waals surface area (Å²) >= 11 is 7.55. The SMILES string of the molecule is CCCSc1nc(Cl)c([N+](=O)[O-])c(N[C@@H]2C[C@H](OCC(=O)OCC)[C@H]3OC4(CCCC4)O[C@H]32)n1. The molecule has 1 aromatic heterocycles. The molecule has 2 saturated carbocycles. The van der Waals surface area contributed by atoms with Gasteiger partial charge in [-0.05, 0) is 32.6 Å². The number of nitro groups is 1. The van der Waals surface area contributed by atoms with Gasteiger partial charge in [0.2, 0.25) is 11.0 Å². The number of nitrogens with one attached hydrogen (secondary N) is 1. The minimum atomic E-state index is -0.682. The van der Waals surface area contributed by atoms with E-state index < -0.39 is 41.0 Å². The lowest BCUT2D eigenvalue weighted by Crippen LogP contribution is -2.35. The molecule has 1 aliphatic heterocycles. The van der Waals surface area contributed by atoms with Crippen LogP contribution >= 0.6 is 23.4 Å². The minimum absolute atomic E-state index is 0.0365. The van der Waals surface area contributed by atoms with Crippen LogP contribution in [0.3, 0.4) is 0 Å². The quantitative estimate of drug-likeness (QED) is 0.122. The molecule has 3 fully saturated rings. The fourth-order valence-corrected chi connectivity index (χ4v) is 5.70. The summed E-state index contributed by atoms with van der Waals surface area (Å²) in [6.07, 6.45) is 3.54. The first-order valence-corrected chi connectivity index (χ1v) is 13.0. The summed E-state index contributed by atoms with van der Waals surface area (Å²) in [6, 6.07) is -0.397. The number of esters is 1. The molecule has 0 unspecified atom stereocenters. The summed E-state index contributed by atoms with van der Waals surface area (Å²) in [4.78, 5) is 31.5. The van der Waals surface area contributed by atoms with Crippen molar-refractivity contribution in [3.05, 3.63) is 15.3 Å². The van der Waals surface area contributed by atoms with E-state index in [9.17, 15) is 14.9 Å². The number of hydrogen-bond donors (Lipinski definition) is 1. The van der Waals surface area contributed by atoms with Gasteiger partial charge in [0.25, 0.3) is 0 Å². The summed E-state index contributed by atoms with van der Waals surface area (Å²) in [5.74, 6) is -0.348. The third-order valence-corrected chi connectivity index (χ3v) is 7.44. The molecule has 3 aliphatic rings. The standard InChI is InChI=1S/C21H29ClN4O7S/c1-3-9-34-20-24-18(22)15(26(28)29)19(25-20)23-12-10-13(31-11-14(27)30-4-2)17-16(12)32-21(33-17)7-5-6-8-21/h12-13,16-17H,3-11H2,1-2H3,(H,23,24,25)/t12-,13+,16+,17-/m1/s1. The molecule has 11 nitrogen and oxygen atoms in total. The molecule has 0 radical (unpaired) electrons. The van der Waals surface area contributed by atoms with Gasteiger partial charge in [-0.1, -0.05) is 30.3 Å². The van der Waals surface area contributed by atoms with Crippen molar-refractivity contribution in [3.63, 3.8) is 0 Å². The third kappa shape index (κ3) is 5.40. The summed E-state index contributed by atoms with van der Waals surface area (Å²) < 4.78 is 23.6. The van der Waals surface area contributed by atoms with Crippen LogP contribution in [0.1, 0.15) is 52.4 Å². The molecule has 34 heavy (non-hydrogen) atoms. The normalized spacial score (nSPS) is 27.1. The van der Waals surface area contributed by atoms with Crippen LogP contribution in [0.4, 0.5) is 11.5 Å². The van der Waals surface area contributed by atoms with E-state index in [1.54, 1.807) is 6.92 Å². The zero-order valence-electron chi connectivity index (χ0n) is 19.2. The number of fused-ring (bicyclic) bond motifs is 1. The number of nitrogens with zero attached hydrogens (tertiary/aromatic N) is 3.